The fraction of sp³-hybridized carbons (Fsp3) is 0.235. The van der Waals surface area contributed by atoms with Gasteiger partial charge in [0.1, 0.15) is 11.5 Å². The maximum atomic E-state index is 12.2. The zero-order chi connectivity index (χ0) is 16.4. The van der Waals surface area contributed by atoms with Crippen LogP contribution in [-0.2, 0) is 4.79 Å². The minimum absolute atomic E-state index is 0.0938. The molecule has 0 spiro atoms. The lowest BCUT2D eigenvalue weighted by molar-refractivity contribution is -0.116. The SMILES string of the molecule is COc1ccc2c(c1)NC(=O)CC2c1ccc(OC(F)F)cc1. The molecule has 1 aliphatic rings. The molecular formula is C17H15F2NO3. The molecule has 0 radical (unpaired) electrons. The molecule has 120 valence electrons. The minimum atomic E-state index is -2.85. The van der Waals surface area contributed by atoms with Gasteiger partial charge in [-0.15, -0.1) is 0 Å². The van der Waals surface area contributed by atoms with E-state index in [-0.39, 0.29) is 17.6 Å². The molecule has 3 rings (SSSR count). The third-order valence-corrected chi connectivity index (χ3v) is 3.81. The molecule has 6 heteroatoms. The highest BCUT2D eigenvalue weighted by Gasteiger charge is 2.26. The van der Waals surface area contributed by atoms with Gasteiger partial charge in [-0.3, -0.25) is 4.79 Å². The summed E-state index contributed by atoms with van der Waals surface area (Å²) in [6.45, 7) is -2.85. The number of fused-ring (bicyclic) bond motifs is 1. The number of ether oxygens (including phenoxy) is 2. The predicted octanol–water partition coefficient (Wildman–Crippen LogP) is 3.77. The number of methoxy groups -OCH3 is 1. The second-order valence-corrected chi connectivity index (χ2v) is 5.21. The molecule has 0 saturated carbocycles. The van der Waals surface area contributed by atoms with E-state index in [1.807, 2.05) is 12.1 Å². The Morgan fingerprint density at radius 2 is 1.83 bits per heavy atom. The Morgan fingerprint density at radius 3 is 2.48 bits per heavy atom. The number of anilines is 1. The first-order valence-corrected chi connectivity index (χ1v) is 7.09. The van der Waals surface area contributed by atoms with Crippen LogP contribution in [0.25, 0.3) is 0 Å². The van der Waals surface area contributed by atoms with Crippen LogP contribution in [-0.4, -0.2) is 19.6 Å². The van der Waals surface area contributed by atoms with E-state index < -0.39 is 6.61 Å². The number of rotatable bonds is 4. The molecule has 0 saturated heterocycles. The van der Waals surface area contributed by atoms with Crippen LogP contribution in [0.4, 0.5) is 14.5 Å². The molecular weight excluding hydrogens is 304 g/mol. The van der Waals surface area contributed by atoms with E-state index in [1.165, 1.54) is 12.1 Å². The molecule has 0 aromatic heterocycles. The lowest BCUT2D eigenvalue weighted by Crippen LogP contribution is -2.23. The lowest BCUT2D eigenvalue weighted by atomic mass is 9.85. The lowest BCUT2D eigenvalue weighted by Gasteiger charge is -2.26. The second kappa shape index (κ2) is 6.24. The van der Waals surface area contributed by atoms with Gasteiger partial charge in [0.15, 0.2) is 0 Å². The van der Waals surface area contributed by atoms with Crippen LogP contribution in [0.2, 0.25) is 0 Å². The van der Waals surface area contributed by atoms with Crippen molar-refractivity contribution < 1.29 is 23.0 Å². The summed E-state index contributed by atoms with van der Waals surface area (Å²) in [5, 5.41) is 2.83. The summed E-state index contributed by atoms with van der Waals surface area (Å²) in [4.78, 5) is 11.9. The van der Waals surface area contributed by atoms with Crippen molar-refractivity contribution in [1.82, 2.24) is 0 Å². The molecule has 23 heavy (non-hydrogen) atoms. The Hall–Kier alpha value is -2.63. The number of halogens is 2. The molecule has 0 bridgehead atoms. The number of hydrogen-bond acceptors (Lipinski definition) is 3. The fourth-order valence-corrected chi connectivity index (χ4v) is 2.75. The number of amides is 1. The minimum Gasteiger partial charge on any atom is -0.497 e. The highest BCUT2D eigenvalue weighted by Crippen LogP contribution is 2.39. The van der Waals surface area contributed by atoms with Crippen molar-refractivity contribution in [3.63, 3.8) is 0 Å². The van der Waals surface area contributed by atoms with E-state index in [2.05, 4.69) is 10.1 Å². The Morgan fingerprint density at radius 1 is 1.13 bits per heavy atom. The average Bonchev–Trinajstić information content (AvgIpc) is 2.53. The summed E-state index contributed by atoms with van der Waals surface area (Å²) in [7, 11) is 1.56. The molecule has 4 nitrogen and oxygen atoms in total. The van der Waals surface area contributed by atoms with Gasteiger partial charge in [0.25, 0.3) is 0 Å². The first-order valence-electron chi connectivity index (χ1n) is 7.09. The first-order chi connectivity index (χ1) is 11.1. The first kappa shape index (κ1) is 15.3. The zero-order valence-corrected chi connectivity index (χ0v) is 12.4. The van der Waals surface area contributed by atoms with Crippen LogP contribution < -0.4 is 14.8 Å². The Bertz CT molecular complexity index is 716. The number of benzene rings is 2. The highest BCUT2D eigenvalue weighted by molar-refractivity contribution is 5.95. The summed E-state index contributed by atoms with van der Waals surface area (Å²) < 4.78 is 33.9. The summed E-state index contributed by atoms with van der Waals surface area (Å²) in [5.74, 6) is 0.526. The Labute approximate surface area is 132 Å². The molecule has 2 aromatic rings. The maximum Gasteiger partial charge on any atom is 0.387 e. The van der Waals surface area contributed by atoms with Crippen molar-refractivity contribution in [2.75, 3.05) is 12.4 Å². The summed E-state index contributed by atoms with van der Waals surface area (Å²) in [6.07, 6.45) is 0.300. The molecule has 1 unspecified atom stereocenters. The second-order valence-electron chi connectivity index (χ2n) is 5.21. The molecule has 1 amide bonds. The van der Waals surface area contributed by atoms with Gasteiger partial charge in [0, 0.05) is 24.1 Å². The van der Waals surface area contributed by atoms with Crippen molar-refractivity contribution in [1.29, 1.82) is 0 Å². The molecule has 0 aliphatic carbocycles. The summed E-state index contributed by atoms with van der Waals surface area (Å²) in [6, 6.07) is 11.9. The summed E-state index contributed by atoms with van der Waals surface area (Å²) in [5.41, 5.74) is 2.54. The Balaban J connectivity index is 1.93. The number of carbonyl (C=O) groups is 1. The van der Waals surface area contributed by atoms with E-state index >= 15 is 0 Å². The van der Waals surface area contributed by atoms with Gasteiger partial charge < -0.3 is 14.8 Å². The molecule has 2 aromatic carbocycles. The normalized spacial score (nSPS) is 16.7. The van der Waals surface area contributed by atoms with Crippen LogP contribution in [0.5, 0.6) is 11.5 Å². The van der Waals surface area contributed by atoms with Gasteiger partial charge in [0.2, 0.25) is 5.91 Å². The van der Waals surface area contributed by atoms with Crippen LogP contribution in [0, 0.1) is 0 Å². The third-order valence-electron chi connectivity index (χ3n) is 3.81. The average molecular weight is 319 g/mol. The van der Waals surface area contributed by atoms with Crippen LogP contribution in [0.15, 0.2) is 42.5 Å². The van der Waals surface area contributed by atoms with E-state index in [1.54, 1.807) is 25.3 Å². The monoisotopic (exact) mass is 319 g/mol. The van der Waals surface area contributed by atoms with Gasteiger partial charge in [-0.25, -0.2) is 0 Å². The number of nitrogens with one attached hydrogen (secondary N) is 1. The van der Waals surface area contributed by atoms with Gasteiger partial charge >= 0.3 is 6.61 Å². The summed E-state index contributed by atoms with van der Waals surface area (Å²) >= 11 is 0. The molecule has 1 N–H and O–H groups in total. The molecule has 1 atom stereocenters. The van der Waals surface area contributed by atoms with Gasteiger partial charge in [0.05, 0.1) is 7.11 Å². The predicted molar refractivity (Wildman–Crippen MR) is 81.2 cm³/mol. The highest BCUT2D eigenvalue weighted by atomic mass is 19.3. The van der Waals surface area contributed by atoms with Crippen LogP contribution >= 0.6 is 0 Å². The van der Waals surface area contributed by atoms with E-state index in [4.69, 9.17) is 4.74 Å². The van der Waals surface area contributed by atoms with Crippen molar-refractivity contribution >= 4 is 11.6 Å². The van der Waals surface area contributed by atoms with E-state index in [0.29, 0.717) is 17.9 Å². The number of carbonyl (C=O) groups excluding carboxylic acids is 1. The van der Waals surface area contributed by atoms with Crippen LogP contribution in [0.1, 0.15) is 23.5 Å². The van der Waals surface area contributed by atoms with Gasteiger partial charge in [-0.2, -0.15) is 8.78 Å². The smallest absolute Gasteiger partial charge is 0.387 e. The Kier molecular flexibility index (Phi) is 4.14. The van der Waals surface area contributed by atoms with Crippen molar-refractivity contribution in [2.45, 2.75) is 19.0 Å². The third kappa shape index (κ3) is 3.26. The molecule has 1 heterocycles. The van der Waals surface area contributed by atoms with Gasteiger partial charge in [-0.1, -0.05) is 18.2 Å². The largest absolute Gasteiger partial charge is 0.497 e. The standard InChI is InChI=1S/C17H15F2NO3/c1-22-12-6-7-13-14(9-16(21)20-15(13)8-12)10-2-4-11(5-3-10)23-17(18)19/h2-8,14,17H,9H2,1H3,(H,20,21). The van der Waals surface area contributed by atoms with Crippen LogP contribution in [0.3, 0.4) is 0 Å². The quantitative estimate of drug-likeness (QED) is 0.933. The van der Waals surface area contributed by atoms with E-state index in [9.17, 15) is 13.6 Å². The molecule has 1 aliphatic heterocycles. The van der Waals surface area contributed by atoms with Crippen molar-refractivity contribution in [3.05, 3.63) is 53.6 Å². The fourth-order valence-electron chi connectivity index (χ4n) is 2.75. The molecule has 0 fully saturated rings. The van der Waals surface area contributed by atoms with Crippen molar-refractivity contribution in [2.24, 2.45) is 0 Å². The topological polar surface area (TPSA) is 47.6 Å². The number of hydrogen-bond donors (Lipinski definition) is 1. The van der Waals surface area contributed by atoms with Crippen molar-refractivity contribution in [3.8, 4) is 11.5 Å². The van der Waals surface area contributed by atoms with E-state index in [0.717, 1.165) is 11.1 Å². The number of alkyl halides is 2. The zero-order valence-electron chi connectivity index (χ0n) is 12.4. The van der Waals surface area contributed by atoms with Gasteiger partial charge in [-0.05, 0) is 29.3 Å². The maximum absolute atomic E-state index is 12.2.